The maximum Gasteiger partial charge on any atom is 0.433 e. The number of aryl methyl sites for hydroxylation is 3. The highest BCUT2D eigenvalue weighted by Crippen LogP contribution is 2.59. The van der Waals surface area contributed by atoms with Crippen molar-refractivity contribution in [2.45, 2.75) is 90.2 Å². The molecule has 52 heavy (non-hydrogen) atoms. The van der Waals surface area contributed by atoms with E-state index in [4.69, 9.17) is 5.10 Å². The SMILES string of the molecule is Cc1ncc(-c2cc3c4c(c2)c(C(C)O)nn4CC(=O)N2[C@H](C(=O)Nc4nc(C(F)(F)F)ccc4C)C[C@@]4(CNC(=O)NCCCCC3)C[C@@H]24)cn1. The fourth-order valence-electron chi connectivity index (χ4n) is 7.58. The number of nitrogens with one attached hydrogen (secondary N) is 3. The van der Waals surface area contributed by atoms with Gasteiger partial charge in [-0.1, -0.05) is 12.5 Å². The zero-order valence-corrected chi connectivity index (χ0v) is 29.0. The van der Waals surface area contributed by atoms with Gasteiger partial charge in [-0.3, -0.25) is 14.3 Å². The maximum absolute atomic E-state index is 14.4. The number of benzene rings is 1. The van der Waals surface area contributed by atoms with Crippen LogP contribution in [-0.4, -0.2) is 77.8 Å². The second-order valence-electron chi connectivity index (χ2n) is 14.1. The van der Waals surface area contributed by atoms with E-state index in [1.54, 1.807) is 30.9 Å². The Morgan fingerprint density at radius 3 is 2.56 bits per heavy atom. The molecule has 3 aromatic heterocycles. The summed E-state index contributed by atoms with van der Waals surface area (Å²) in [5.74, 6) is -0.708. The number of halogens is 3. The number of anilines is 1. The van der Waals surface area contributed by atoms with Gasteiger partial charge in [-0.15, -0.1) is 0 Å². The minimum absolute atomic E-state index is 0.194. The van der Waals surface area contributed by atoms with Crippen LogP contribution in [0.4, 0.5) is 23.8 Å². The van der Waals surface area contributed by atoms with Crippen LogP contribution < -0.4 is 16.0 Å². The van der Waals surface area contributed by atoms with Gasteiger partial charge in [0.05, 0.1) is 17.3 Å². The summed E-state index contributed by atoms with van der Waals surface area (Å²) < 4.78 is 42.1. The first kappa shape index (κ1) is 35.3. The third kappa shape index (κ3) is 6.78. The molecule has 2 fully saturated rings. The zero-order chi connectivity index (χ0) is 36.9. The molecule has 0 spiro atoms. The third-order valence-electron chi connectivity index (χ3n) is 10.4. The highest BCUT2D eigenvalue weighted by molar-refractivity contribution is 5.98. The van der Waals surface area contributed by atoms with E-state index in [1.807, 2.05) is 12.1 Å². The molecule has 0 radical (unpaired) electrons. The van der Waals surface area contributed by atoms with Gasteiger partial charge in [0.15, 0.2) is 0 Å². The molecule has 1 aromatic carbocycles. The number of amides is 4. The maximum atomic E-state index is 14.4. The lowest BCUT2D eigenvalue weighted by Crippen LogP contribution is -2.47. The number of nitrogens with zero attached hydrogens (tertiary/aromatic N) is 6. The minimum atomic E-state index is -4.72. The van der Waals surface area contributed by atoms with E-state index < -0.39 is 47.3 Å². The second-order valence-corrected chi connectivity index (χ2v) is 14.1. The van der Waals surface area contributed by atoms with Gasteiger partial charge in [-0.25, -0.2) is 19.7 Å². The number of aliphatic hydroxyl groups excluding tert-OH is 1. The summed E-state index contributed by atoms with van der Waals surface area (Å²) in [5, 5.41) is 24.6. The number of carbonyl (C=O) groups is 3. The fraction of sp³-hybridized carbons (Fsp3) is 0.472. The molecule has 1 saturated heterocycles. The number of aromatic nitrogens is 5. The van der Waals surface area contributed by atoms with Crippen molar-refractivity contribution < 1.29 is 32.7 Å². The zero-order valence-electron chi connectivity index (χ0n) is 29.0. The predicted octanol–water partition coefficient (Wildman–Crippen LogP) is 4.60. The van der Waals surface area contributed by atoms with Crippen molar-refractivity contribution in [1.29, 1.82) is 0 Å². The molecular formula is C36H40F3N9O4. The molecule has 4 N–H and O–H groups in total. The highest BCUT2D eigenvalue weighted by Gasteiger charge is 2.67. The first-order valence-corrected chi connectivity index (χ1v) is 17.4. The average molecular weight is 720 g/mol. The third-order valence-corrected chi connectivity index (χ3v) is 10.4. The highest BCUT2D eigenvalue weighted by atomic mass is 19.4. The van der Waals surface area contributed by atoms with Crippen molar-refractivity contribution in [1.82, 2.24) is 40.3 Å². The van der Waals surface area contributed by atoms with Gasteiger partial charge < -0.3 is 26.0 Å². The van der Waals surface area contributed by atoms with Crippen LogP contribution in [0.5, 0.6) is 0 Å². The standard InChI is InChI=1S/C36H40F3N9O4/c1-19-8-9-27(36(37,38)39)44-32(19)45-33(51)26-13-35-14-28(35)48(26)29(50)17-47-31-22(7-5-4-6-10-40-34(52)43-18-35)11-23(24-15-41-21(3)42-16-24)12-25(31)30(46-47)20(2)49/h8-9,11-12,15-16,20,26,28,49H,4-7,10,13-14,17-18H2,1-3H3,(H2,40,43,52)(H,44,45,51)/t20?,26-,28+,35-/m0/s1. The quantitative estimate of drug-likeness (QED) is 0.238. The topological polar surface area (TPSA) is 167 Å². The lowest BCUT2D eigenvalue weighted by atomic mass is 9.97. The van der Waals surface area contributed by atoms with E-state index in [1.165, 1.54) is 17.9 Å². The number of hydrogen-bond donors (Lipinski definition) is 4. The summed E-state index contributed by atoms with van der Waals surface area (Å²) in [6, 6.07) is 4.22. The van der Waals surface area contributed by atoms with Crippen LogP contribution >= 0.6 is 0 Å². The molecule has 4 amide bonds. The molecule has 7 rings (SSSR count). The van der Waals surface area contributed by atoms with Gasteiger partial charge >= 0.3 is 12.2 Å². The van der Waals surface area contributed by atoms with Crippen molar-refractivity contribution >= 4 is 34.6 Å². The van der Waals surface area contributed by atoms with Crippen LogP contribution in [0.25, 0.3) is 22.0 Å². The summed E-state index contributed by atoms with van der Waals surface area (Å²) in [6.45, 7) is 5.36. The number of piperidine rings is 1. The summed E-state index contributed by atoms with van der Waals surface area (Å²) >= 11 is 0. The number of aliphatic hydroxyl groups is 1. The van der Waals surface area contributed by atoms with Gasteiger partial charge in [-0.2, -0.15) is 18.3 Å². The number of urea groups is 1. The van der Waals surface area contributed by atoms with Gasteiger partial charge in [0.25, 0.3) is 0 Å². The van der Waals surface area contributed by atoms with Crippen LogP contribution in [0.15, 0.2) is 36.7 Å². The predicted molar refractivity (Wildman–Crippen MR) is 184 cm³/mol. The summed E-state index contributed by atoms with van der Waals surface area (Å²) in [5.41, 5.74) is 2.18. The lowest BCUT2D eigenvalue weighted by molar-refractivity contribution is -0.141. The number of rotatable bonds is 4. The van der Waals surface area contributed by atoms with Crippen LogP contribution in [0.2, 0.25) is 0 Å². The Morgan fingerprint density at radius 2 is 1.83 bits per heavy atom. The largest absolute Gasteiger partial charge is 0.433 e. The van der Waals surface area contributed by atoms with E-state index in [0.717, 1.165) is 42.0 Å². The Bertz CT molecular complexity index is 2050. The summed E-state index contributed by atoms with van der Waals surface area (Å²) in [7, 11) is 0. The van der Waals surface area contributed by atoms with Gasteiger partial charge in [-0.05, 0) is 87.8 Å². The average Bonchev–Trinajstić information content (AvgIpc) is 3.50. The first-order valence-electron chi connectivity index (χ1n) is 17.4. The molecule has 1 saturated carbocycles. The molecular weight excluding hydrogens is 679 g/mol. The Hall–Kier alpha value is -5.12. The lowest BCUT2D eigenvalue weighted by Gasteiger charge is -2.27. The van der Waals surface area contributed by atoms with Crippen molar-refractivity contribution in [2.75, 3.05) is 18.4 Å². The number of hydrogen-bond acceptors (Lipinski definition) is 8. The Kier molecular flexibility index (Phi) is 9.13. The van der Waals surface area contributed by atoms with Gasteiger partial charge in [0.2, 0.25) is 11.8 Å². The second kappa shape index (κ2) is 13.5. The van der Waals surface area contributed by atoms with E-state index >= 15 is 0 Å². The molecule has 2 bridgehead atoms. The Morgan fingerprint density at radius 1 is 1.06 bits per heavy atom. The summed E-state index contributed by atoms with van der Waals surface area (Å²) in [4.78, 5) is 54.9. The monoisotopic (exact) mass is 719 g/mol. The number of pyridine rings is 1. The molecule has 4 atom stereocenters. The van der Waals surface area contributed by atoms with Crippen LogP contribution in [0, 0.1) is 19.3 Å². The number of alkyl halides is 3. The van der Waals surface area contributed by atoms with Gasteiger partial charge in [0, 0.05) is 47.9 Å². The molecule has 274 valence electrons. The first-order chi connectivity index (χ1) is 24.7. The fourth-order valence-corrected chi connectivity index (χ4v) is 7.58. The number of carbonyl (C=O) groups excluding carboxylic acids is 3. The molecule has 4 aromatic rings. The van der Waals surface area contributed by atoms with E-state index in [9.17, 15) is 32.7 Å². The molecule has 1 unspecified atom stereocenters. The van der Waals surface area contributed by atoms with E-state index in [0.29, 0.717) is 47.4 Å². The molecule has 3 aliphatic rings. The molecule has 2 aliphatic heterocycles. The van der Waals surface area contributed by atoms with E-state index in [2.05, 4.69) is 30.9 Å². The van der Waals surface area contributed by atoms with E-state index in [-0.39, 0.29) is 31.4 Å². The van der Waals surface area contributed by atoms with Crippen molar-refractivity contribution in [3.63, 3.8) is 0 Å². The van der Waals surface area contributed by atoms with Crippen LogP contribution in [0.1, 0.15) is 73.5 Å². The van der Waals surface area contributed by atoms with Crippen LogP contribution in [-0.2, 0) is 28.7 Å². The van der Waals surface area contributed by atoms with Crippen LogP contribution in [0.3, 0.4) is 0 Å². The van der Waals surface area contributed by atoms with Crippen molar-refractivity contribution in [2.24, 2.45) is 5.41 Å². The van der Waals surface area contributed by atoms with Gasteiger partial charge in [0.1, 0.15) is 29.9 Å². The minimum Gasteiger partial charge on any atom is -0.387 e. The molecule has 13 nitrogen and oxygen atoms in total. The molecule has 5 heterocycles. The smallest absolute Gasteiger partial charge is 0.387 e. The normalized spacial score (nSPS) is 23.0. The van der Waals surface area contributed by atoms with Crippen molar-refractivity contribution in [3.05, 3.63) is 65.0 Å². The Balaban J connectivity index is 1.27. The molecule has 16 heteroatoms. The van der Waals surface area contributed by atoms with Crippen molar-refractivity contribution in [3.8, 4) is 11.1 Å². The summed E-state index contributed by atoms with van der Waals surface area (Å²) in [6.07, 6.45) is 1.48. The Labute approximate surface area is 297 Å². The molecule has 1 aliphatic carbocycles.